The van der Waals surface area contributed by atoms with Crippen molar-refractivity contribution in [3.05, 3.63) is 35.0 Å². The minimum atomic E-state index is -0.396. The molecule has 0 spiro atoms. The summed E-state index contributed by atoms with van der Waals surface area (Å²) in [5, 5.41) is 9.63. The molecule has 0 aliphatic rings. The molecule has 2 aromatic rings. The van der Waals surface area contributed by atoms with Gasteiger partial charge in [0.05, 0.1) is 12.4 Å². The van der Waals surface area contributed by atoms with Crippen LogP contribution >= 0.6 is 11.6 Å². The molecule has 6 nitrogen and oxygen atoms in total. The van der Waals surface area contributed by atoms with Crippen molar-refractivity contribution >= 4 is 23.3 Å². The number of halogens is 1. The molecular weight excluding hydrogens is 254 g/mol. The van der Waals surface area contributed by atoms with Crippen molar-refractivity contribution in [2.45, 2.75) is 19.8 Å². The van der Waals surface area contributed by atoms with E-state index in [2.05, 4.69) is 25.5 Å². The summed E-state index contributed by atoms with van der Waals surface area (Å²) in [6, 6.07) is 1.78. The van der Waals surface area contributed by atoms with E-state index in [9.17, 15) is 4.79 Å². The molecule has 18 heavy (non-hydrogen) atoms. The largest absolute Gasteiger partial charge is 0.304 e. The van der Waals surface area contributed by atoms with Crippen LogP contribution in [-0.4, -0.2) is 26.1 Å². The molecule has 1 amide bonds. The molecule has 0 radical (unpaired) electrons. The van der Waals surface area contributed by atoms with Gasteiger partial charge < -0.3 is 5.32 Å². The van der Waals surface area contributed by atoms with Crippen molar-refractivity contribution in [1.29, 1.82) is 0 Å². The number of carbonyl (C=O) groups excluding carboxylic acids is 1. The molecule has 0 aliphatic carbocycles. The third-order valence-electron chi connectivity index (χ3n) is 2.30. The lowest BCUT2D eigenvalue weighted by Gasteiger charge is -2.00. The van der Waals surface area contributed by atoms with Gasteiger partial charge in [-0.25, -0.2) is 4.98 Å². The fourth-order valence-corrected chi connectivity index (χ4v) is 1.48. The Labute approximate surface area is 109 Å². The third-order valence-corrected chi connectivity index (χ3v) is 2.48. The van der Waals surface area contributed by atoms with Crippen LogP contribution in [-0.2, 0) is 0 Å². The maximum absolute atomic E-state index is 11.8. The van der Waals surface area contributed by atoms with Crippen molar-refractivity contribution in [3.8, 4) is 0 Å². The quantitative estimate of drug-likeness (QED) is 0.891. The van der Waals surface area contributed by atoms with Gasteiger partial charge in [-0.05, 0) is 5.92 Å². The van der Waals surface area contributed by atoms with Crippen molar-refractivity contribution in [1.82, 2.24) is 20.2 Å². The van der Waals surface area contributed by atoms with Crippen molar-refractivity contribution in [2.24, 2.45) is 0 Å². The number of nitrogens with one attached hydrogen (secondary N) is 2. The second kappa shape index (κ2) is 5.14. The Hall–Kier alpha value is -1.95. The number of hydrogen-bond acceptors (Lipinski definition) is 4. The summed E-state index contributed by atoms with van der Waals surface area (Å²) in [7, 11) is 0. The second-order valence-corrected chi connectivity index (χ2v) is 4.43. The van der Waals surface area contributed by atoms with Crippen LogP contribution in [0, 0.1) is 0 Å². The monoisotopic (exact) mass is 265 g/mol. The SMILES string of the molecule is CC(C)c1cc(NC(=O)c2cncc(Cl)n2)n[nH]1. The van der Waals surface area contributed by atoms with Crippen LogP contribution in [0.5, 0.6) is 0 Å². The van der Waals surface area contributed by atoms with Gasteiger partial charge in [0.2, 0.25) is 0 Å². The predicted molar refractivity (Wildman–Crippen MR) is 67.7 cm³/mol. The highest BCUT2D eigenvalue weighted by Crippen LogP contribution is 2.15. The molecule has 94 valence electrons. The molecule has 7 heteroatoms. The Kier molecular flexibility index (Phi) is 3.57. The van der Waals surface area contributed by atoms with E-state index in [0.717, 1.165) is 5.69 Å². The van der Waals surface area contributed by atoms with E-state index in [4.69, 9.17) is 11.6 Å². The normalized spacial score (nSPS) is 10.7. The molecule has 2 heterocycles. The van der Waals surface area contributed by atoms with Crippen LogP contribution in [0.1, 0.15) is 35.9 Å². The van der Waals surface area contributed by atoms with Gasteiger partial charge in [-0.15, -0.1) is 0 Å². The molecule has 2 aromatic heterocycles. The molecule has 2 rings (SSSR count). The summed E-state index contributed by atoms with van der Waals surface area (Å²) in [5.74, 6) is 0.367. The molecule has 0 saturated heterocycles. The first kappa shape index (κ1) is 12.5. The summed E-state index contributed by atoms with van der Waals surface area (Å²) in [4.78, 5) is 19.5. The third kappa shape index (κ3) is 2.84. The number of aromatic nitrogens is 4. The molecule has 0 aliphatic heterocycles. The van der Waals surface area contributed by atoms with Gasteiger partial charge in [0.25, 0.3) is 5.91 Å². The lowest BCUT2D eigenvalue weighted by molar-refractivity contribution is 0.102. The number of rotatable bonds is 3. The number of carbonyl (C=O) groups is 1. The minimum Gasteiger partial charge on any atom is -0.304 e. The molecule has 2 N–H and O–H groups in total. The Bertz CT molecular complexity index is 566. The van der Waals surface area contributed by atoms with Gasteiger partial charge in [-0.1, -0.05) is 25.4 Å². The first-order valence-electron chi connectivity index (χ1n) is 5.40. The van der Waals surface area contributed by atoms with E-state index < -0.39 is 5.91 Å². The van der Waals surface area contributed by atoms with Crippen molar-refractivity contribution in [3.63, 3.8) is 0 Å². The Morgan fingerprint density at radius 2 is 2.22 bits per heavy atom. The molecule has 0 fully saturated rings. The average Bonchev–Trinajstić information content (AvgIpc) is 2.77. The minimum absolute atomic E-state index is 0.150. The molecule has 0 saturated carbocycles. The van der Waals surface area contributed by atoms with Gasteiger partial charge in [-0.3, -0.25) is 14.9 Å². The van der Waals surface area contributed by atoms with E-state index in [1.165, 1.54) is 12.4 Å². The van der Waals surface area contributed by atoms with Gasteiger partial charge >= 0.3 is 0 Å². The fourth-order valence-electron chi connectivity index (χ4n) is 1.33. The molecule has 0 bridgehead atoms. The molecule has 0 aromatic carbocycles. The average molecular weight is 266 g/mol. The number of nitrogens with zero attached hydrogens (tertiary/aromatic N) is 3. The highest BCUT2D eigenvalue weighted by molar-refractivity contribution is 6.29. The molecule has 0 unspecified atom stereocenters. The van der Waals surface area contributed by atoms with Crippen LogP contribution in [0.3, 0.4) is 0 Å². The highest BCUT2D eigenvalue weighted by Gasteiger charge is 2.11. The van der Waals surface area contributed by atoms with Crippen LogP contribution < -0.4 is 5.32 Å². The zero-order valence-electron chi connectivity index (χ0n) is 9.94. The summed E-state index contributed by atoms with van der Waals surface area (Å²) in [6.45, 7) is 4.06. The fraction of sp³-hybridized carbons (Fsp3) is 0.273. The maximum Gasteiger partial charge on any atom is 0.277 e. The first-order valence-corrected chi connectivity index (χ1v) is 5.78. The highest BCUT2D eigenvalue weighted by atomic mass is 35.5. The Morgan fingerprint density at radius 1 is 1.44 bits per heavy atom. The smallest absolute Gasteiger partial charge is 0.277 e. The maximum atomic E-state index is 11.8. The topological polar surface area (TPSA) is 83.6 Å². The first-order chi connectivity index (χ1) is 8.56. The summed E-state index contributed by atoms with van der Waals surface area (Å²) >= 11 is 5.66. The lowest BCUT2D eigenvalue weighted by atomic mass is 10.1. The zero-order valence-corrected chi connectivity index (χ0v) is 10.7. The predicted octanol–water partition coefficient (Wildman–Crippen LogP) is 2.23. The van der Waals surface area contributed by atoms with Gasteiger partial charge in [0.15, 0.2) is 5.82 Å². The molecular formula is C11H12ClN5O. The molecule has 0 atom stereocenters. The Balaban J connectivity index is 2.11. The second-order valence-electron chi connectivity index (χ2n) is 4.04. The number of amides is 1. The van der Waals surface area contributed by atoms with Crippen molar-refractivity contribution in [2.75, 3.05) is 5.32 Å². The van der Waals surface area contributed by atoms with Gasteiger partial charge in [0.1, 0.15) is 10.8 Å². The summed E-state index contributed by atoms with van der Waals surface area (Å²) in [6.07, 6.45) is 2.71. The van der Waals surface area contributed by atoms with Crippen LogP contribution in [0.15, 0.2) is 18.5 Å². The number of hydrogen-bond donors (Lipinski definition) is 2. The standard InChI is InChI=1S/C11H12ClN5O/c1-6(2)7-3-10(17-16-7)15-11(18)8-4-13-5-9(12)14-8/h3-6H,1-2H3,(H2,15,16,17,18). The van der Waals surface area contributed by atoms with Crippen LogP contribution in [0.4, 0.5) is 5.82 Å². The Morgan fingerprint density at radius 3 is 2.83 bits per heavy atom. The van der Waals surface area contributed by atoms with E-state index >= 15 is 0 Å². The number of aromatic amines is 1. The van der Waals surface area contributed by atoms with Crippen LogP contribution in [0.25, 0.3) is 0 Å². The summed E-state index contributed by atoms with van der Waals surface area (Å²) in [5.41, 5.74) is 1.10. The van der Waals surface area contributed by atoms with Crippen molar-refractivity contribution < 1.29 is 4.79 Å². The van der Waals surface area contributed by atoms with Gasteiger partial charge in [0, 0.05) is 11.8 Å². The van der Waals surface area contributed by atoms with E-state index in [1.807, 2.05) is 13.8 Å². The summed E-state index contributed by atoms with van der Waals surface area (Å²) < 4.78 is 0. The van der Waals surface area contributed by atoms with E-state index in [-0.39, 0.29) is 10.8 Å². The van der Waals surface area contributed by atoms with E-state index in [1.54, 1.807) is 6.07 Å². The zero-order chi connectivity index (χ0) is 13.1. The number of H-pyrrole nitrogens is 1. The van der Waals surface area contributed by atoms with Gasteiger partial charge in [-0.2, -0.15) is 5.10 Å². The van der Waals surface area contributed by atoms with E-state index in [0.29, 0.717) is 11.7 Å². The van der Waals surface area contributed by atoms with Crippen LogP contribution in [0.2, 0.25) is 5.15 Å². The lowest BCUT2D eigenvalue weighted by Crippen LogP contribution is -2.14. The number of anilines is 1.